The molecule has 0 radical (unpaired) electrons. The average molecular weight is 410 g/mol. The predicted octanol–water partition coefficient (Wildman–Crippen LogP) is 1.44. The summed E-state index contributed by atoms with van der Waals surface area (Å²) in [6.45, 7) is 2.19. The molecule has 7 nitrogen and oxygen atoms in total. The van der Waals surface area contributed by atoms with Crippen molar-refractivity contribution in [1.29, 1.82) is 5.26 Å². The first-order valence-corrected chi connectivity index (χ1v) is 11.0. The molecule has 1 N–H and O–H groups in total. The number of rotatable bonds is 5. The number of piperazine rings is 1. The van der Waals surface area contributed by atoms with Crippen molar-refractivity contribution < 1.29 is 13.2 Å². The van der Waals surface area contributed by atoms with E-state index in [9.17, 15) is 13.2 Å². The van der Waals surface area contributed by atoms with E-state index in [1.807, 2.05) is 6.07 Å². The minimum absolute atomic E-state index is 0.0283. The quantitative estimate of drug-likeness (QED) is 0.805. The van der Waals surface area contributed by atoms with Gasteiger partial charge >= 0.3 is 0 Å². The maximum Gasteiger partial charge on any atom is 0.251 e. The first-order valence-electron chi connectivity index (χ1n) is 9.58. The number of nitrogens with zero attached hydrogens (tertiary/aromatic N) is 3. The molecule has 150 valence electrons. The maximum atomic E-state index is 13.1. The van der Waals surface area contributed by atoms with Crippen LogP contribution in [-0.4, -0.2) is 61.8 Å². The molecule has 0 saturated carbocycles. The molecule has 0 spiro atoms. The Morgan fingerprint density at radius 1 is 1.14 bits per heavy atom. The van der Waals surface area contributed by atoms with E-state index in [0.717, 1.165) is 13.0 Å². The van der Waals surface area contributed by atoms with Gasteiger partial charge in [-0.1, -0.05) is 24.3 Å². The number of benzene rings is 2. The molecule has 0 aromatic heterocycles. The van der Waals surface area contributed by atoms with Gasteiger partial charge in [-0.3, -0.25) is 9.69 Å². The normalized spacial score (nSPS) is 24.0. The van der Waals surface area contributed by atoms with Crippen molar-refractivity contribution >= 4 is 15.9 Å². The molecule has 2 aliphatic heterocycles. The Labute approximate surface area is 170 Å². The summed E-state index contributed by atoms with van der Waals surface area (Å²) < 4.78 is 27.9. The van der Waals surface area contributed by atoms with Crippen molar-refractivity contribution in [2.24, 2.45) is 0 Å². The van der Waals surface area contributed by atoms with Crippen LogP contribution in [0.1, 0.15) is 22.3 Å². The highest BCUT2D eigenvalue weighted by Gasteiger charge is 2.44. The smallest absolute Gasteiger partial charge is 0.251 e. The molecule has 8 heteroatoms. The minimum atomic E-state index is -3.57. The molecule has 2 aliphatic rings. The third-order valence-corrected chi connectivity index (χ3v) is 7.54. The molecule has 29 heavy (non-hydrogen) atoms. The number of hydrogen-bond donors (Lipinski definition) is 1. The van der Waals surface area contributed by atoms with E-state index in [1.165, 1.54) is 0 Å². The molecule has 3 atom stereocenters. The average Bonchev–Trinajstić information content (AvgIpc) is 3.17. The van der Waals surface area contributed by atoms with E-state index in [1.54, 1.807) is 58.9 Å². The van der Waals surface area contributed by atoms with Crippen LogP contribution in [0.2, 0.25) is 0 Å². The van der Waals surface area contributed by atoms with Crippen LogP contribution in [0, 0.1) is 11.3 Å². The fourth-order valence-electron chi connectivity index (χ4n) is 4.07. The van der Waals surface area contributed by atoms with Crippen LogP contribution in [-0.2, 0) is 10.0 Å². The number of hydrogen-bond acceptors (Lipinski definition) is 5. The van der Waals surface area contributed by atoms with Gasteiger partial charge in [-0.25, -0.2) is 8.42 Å². The van der Waals surface area contributed by atoms with Crippen LogP contribution in [0.3, 0.4) is 0 Å². The van der Waals surface area contributed by atoms with Crippen molar-refractivity contribution in [3.8, 4) is 6.07 Å². The molecular weight excluding hydrogens is 388 g/mol. The lowest BCUT2D eigenvalue weighted by atomic mass is 10.1. The Bertz CT molecular complexity index is 1050. The summed E-state index contributed by atoms with van der Waals surface area (Å²) in [6.07, 6.45) is 0.792. The van der Waals surface area contributed by atoms with E-state index in [2.05, 4.69) is 10.2 Å². The Morgan fingerprint density at radius 3 is 2.69 bits per heavy atom. The van der Waals surface area contributed by atoms with E-state index in [4.69, 9.17) is 5.26 Å². The Kier molecular flexibility index (Phi) is 5.37. The topological polar surface area (TPSA) is 93.5 Å². The maximum absolute atomic E-state index is 13.1. The van der Waals surface area contributed by atoms with Crippen molar-refractivity contribution in [3.05, 3.63) is 65.7 Å². The molecule has 1 amide bonds. The lowest BCUT2D eigenvalue weighted by Gasteiger charge is -2.39. The third kappa shape index (κ3) is 3.90. The number of nitriles is 1. The molecule has 2 saturated heterocycles. The van der Waals surface area contributed by atoms with Crippen LogP contribution in [0.25, 0.3) is 0 Å². The highest BCUT2D eigenvalue weighted by molar-refractivity contribution is 7.89. The molecule has 2 aromatic rings. The van der Waals surface area contributed by atoms with Crippen LogP contribution in [0.15, 0.2) is 59.5 Å². The second-order valence-electron chi connectivity index (χ2n) is 7.38. The largest absolute Gasteiger partial charge is 0.350 e. The molecule has 3 unspecified atom stereocenters. The van der Waals surface area contributed by atoms with Gasteiger partial charge in [-0.15, -0.1) is 0 Å². The highest BCUT2D eigenvalue weighted by Crippen LogP contribution is 2.30. The number of fused-ring (bicyclic) bond motifs is 2. The molecule has 2 fully saturated rings. The summed E-state index contributed by atoms with van der Waals surface area (Å²) in [4.78, 5) is 15.0. The molecule has 0 aliphatic carbocycles. The van der Waals surface area contributed by atoms with E-state index >= 15 is 0 Å². The Balaban J connectivity index is 1.47. The zero-order chi connectivity index (χ0) is 20.4. The summed E-state index contributed by atoms with van der Waals surface area (Å²) in [5.74, 6) is -0.263. The summed E-state index contributed by atoms with van der Waals surface area (Å²) in [6, 6.07) is 16.9. The number of amides is 1. The van der Waals surface area contributed by atoms with Crippen LogP contribution < -0.4 is 5.32 Å². The number of carbonyl (C=O) groups excluding carboxylic acids is 1. The number of sulfonamides is 1. The second-order valence-corrected chi connectivity index (χ2v) is 9.27. The van der Waals surface area contributed by atoms with Gasteiger partial charge in [0.25, 0.3) is 5.91 Å². The van der Waals surface area contributed by atoms with Crippen LogP contribution in [0.5, 0.6) is 0 Å². The van der Waals surface area contributed by atoms with Crippen LogP contribution in [0.4, 0.5) is 0 Å². The molecule has 4 rings (SSSR count). The van der Waals surface area contributed by atoms with Crippen molar-refractivity contribution in [3.63, 3.8) is 0 Å². The van der Waals surface area contributed by atoms with Crippen molar-refractivity contribution in [1.82, 2.24) is 14.5 Å². The fraction of sp³-hybridized carbons (Fsp3) is 0.333. The minimum Gasteiger partial charge on any atom is -0.350 e. The number of carbonyl (C=O) groups is 1. The van der Waals surface area contributed by atoms with E-state index in [0.29, 0.717) is 35.7 Å². The standard InChI is InChI=1S/C21H22N4O3S/c22-12-16-5-4-6-17(11-16)21(26)23-13-19-15-25(18-9-10-24(19)14-18)29(27,28)20-7-2-1-3-8-20/h1-8,11,18-19H,9-10,13-15H2,(H,23,26). The fourth-order valence-corrected chi connectivity index (χ4v) is 5.77. The van der Waals surface area contributed by atoms with Gasteiger partial charge in [0.05, 0.1) is 16.5 Å². The summed E-state index contributed by atoms with van der Waals surface area (Å²) >= 11 is 0. The van der Waals surface area contributed by atoms with Crippen molar-refractivity contribution in [2.45, 2.75) is 23.4 Å². The predicted molar refractivity (Wildman–Crippen MR) is 108 cm³/mol. The van der Waals surface area contributed by atoms with Crippen molar-refractivity contribution in [2.75, 3.05) is 26.2 Å². The van der Waals surface area contributed by atoms with Gasteiger partial charge in [0.2, 0.25) is 10.0 Å². The molecular formula is C21H22N4O3S. The van der Waals surface area contributed by atoms with Gasteiger partial charge < -0.3 is 5.32 Å². The first kappa shape index (κ1) is 19.6. The summed E-state index contributed by atoms with van der Waals surface area (Å²) in [7, 11) is -3.57. The summed E-state index contributed by atoms with van der Waals surface area (Å²) in [5, 5.41) is 11.9. The first-order chi connectivity index (χ1) is 14.0. The molecule has 2 bridgehead atoms. The van der Waals surface area contributed by atoms with Gasteiger partial charge in [-0.2, -0.15) is 9.57 Å². The van der Waals surface area contributed by atoms with Gasteiger partial charge in [0.1, 0.15) is 0 Å². The molecule has 2 aromatic carbocycles. The zero-order valence-electron chi connectivity index (χ0n) is 15.9. The zero-order valence-corrected chi connectivity index (χ0v) is 16.7. The summed E-state index contributed by atoms with van der Waals surface area (Å²) in [5.41, 5.74) is 0.853. The Morgan fingerprint density at radius 2 is 1.93 bits per heavy atom. The van der Waals surface area contributed by atoms with Crippen LogP contribution >= 0.6 is 0 Å². The third-order valence-electron chi connectivity index (χ3n) is 5.61. The number of nitrogens with one attached hydrogen (secondary N) is 1. The SMILES string of the molecule is N#Cc1cccc(C(=O)NCC2CN(S(=O)(=O)c3ccccc3)C3CCN2C3)c1. The van der Waals surface area contributed by atoms with Gasteiger partial charge in [-0.05, 0) is 36.8 Å². The second kappa shape index (κ2) is 7.95. The molecule has 2 heterocycles. The van der Waals surface area contributed by atoms with E-state index < -0.39 is 10.0 Å². The van der Waals surface area contributed by atoms with Gasteiger partial charge in [0, 0.05) is 43.8 Å². The Hall–Kier alpha value is -2.73. The lowest BCUT2D eigenvalue weighted by Crippen LogP contribution is -2.57. The van der Waals surface area contributed by atoms with Gasteiger partial charge in [0.15, 0.2) is 0 Å². The lowest BCUT2D eigenvalue weighted by molar-refractivity contribution is 0.0915. The monoisotopic (exact) mass is 410 g/mol. The van der Waals surface area contributed by atoms with E-state index in [-0.39, 0.29) is 18.0 Å². The highest BCUT2D eigenvalue weighted by atomic mass is 32.2.